The van der Waals surface area contributed by atoms with Crippen LogP contribution in [0.4, 0.5) is 11.4 Å². The van der Waals surface area contributed by atoms with Crippen LogP contribution in [0, 0.1) is 0 Å². The Hall–Kier alpha value is -2.63. The maximum absolute atomic E-state index is 13.3. The molecule has 1 saturated heterocycles. The molecule has 3 rings (SSSR count). The Balaban J connectivity index is 2.12. The van der Waals surface area contributed by atoms with Crippen LogP contribution >= 0.6 is 0 Å². The first-order chi connectivity index (χ1) is 14.9. The number of carboxylic acids is 1. The molecule has 1 heterocycles. The quantitative estimate of drug-likeness (QED) is 0.545. The number of β-amino-alcohol motifs (C(OH)–C–C–N with tert-alkyl or cyclic N) is 1. The second-order valence-electron chi connectivity index (χ2n) is 7.78. The van der Waals surface area contributed by atoms with Crippen LogP contribution in [0.3, 0.4) is 0 Å². The van der Waals surface area contributed by atoms with Crippen LogP contribution < -0.4 is 9.62 Å². The van der Waals surface area contributed by atoms with Crippen LogP contribution in [0.1, 0.15) is 35.7 Å². The van der Waals surface area contributed by atoms with Crippen molar-refractivity contribution in [2.75, 3.05) is 29.0 Å². The van der Waals surface area contributed by atoms with E-state index < -0.39 is 31.9 Å². The van der Waals surface area contributed by atoms with E-state index in [2.05, 4.69) is 4.72 Å². The van der Waals surface area contributed by atoms with Gasteiger partial charge in [0.1, 0.15) is 0 Å². The van der Waals surface area contributed by atoms with E-state index in [1.807, 2.05) is 0 Å². The molecule has 2 aromatic carbocycles. The molecule has 9 nitrogen and oxygen atoms in total. The summed E-state index contributed by atoms with van der Waals surface area (Å²) in [4.78, 5) is 12.9. The van der Waals surface area contributed by atoms with Gasteiger partial charge in [-0.3, -0.25) is 4.72 Å². The van der Waals surface area contributed by atoms with Gasteiger partial charge in [0, 0.05) is 19.3 Å². The number of aryl methyl sites for hydroxylation is 1. The lowest BCUT2D eigenvalue weighted by molar-refractivity contribution is 0.0696. The summed E-state index contributed by atoms with van der Waals surface area (Å²) >= 11 is 0. The van der Waals surface area contributed by atoms with Gasteiger partial charge in [0.25, 0.3) is 10.0 Å². The Bertz CT molecular complexity index is 1240. The van der Waals surface area contributed by atoms with Gasteiger partial charge >= 0.3 is 5.97 Å². The number of aromatic carboxylic acids is 1. The minimum absolute atomic E-state index is 0.0461. The Kier molecular flexibility index (Phi) is 6.82. The number of sulfonamides is 1. The highest BCUT2D eigenvalue weighted by Gasteiger charge is 2.26. The molecule has 11 heteroatoms. The molecule has 0 unspecified atom stereocenters. The van der Waals surface area contributed by atoms with Crippen molar-refractivity contribution in [3.05, 3.63) is 47.5 Å². The predicted octanol–water partition coefficient (Wildman–Crippen LogP) is 2.11. The largest absolute Gasteiger partial charge is 0.478 e. The second kappa shape index (κ2) is 9.08. The minimum atomic E-state index is -4.25. The lowest BCUT2D eigenvalue weighted by atomic mass is 10.1. The van der Waals surface area contributed by atoms with Crippen LogP contribution in [0.2, 0.25) is 0 Å². The number of aliphatic hydroxyl groups excluding tert-OH is 1. The number of anilines is 2. The van der Waals surface area contributed by atoms with Crippen molar-refractivity contribution >= 4 is 37.2 Å². The lowest BCUT2D eigenvalue weighted by Gasteiger charge is -2.33. The Morgan fingerprint density at radius 2 is 1.88 bits per heavy atom. The number of sulfone groups is 1. The number of hydrogen-bond acceptors (Lipinski definition) is 7. The number of aliphatic hydroxyl groups is 1. The van der Waals surface area contributed by atoms with Gasteiger partial charge in [-0.15, -0.1) is 0 Å². The summed E-state index contributed by atoms with van der Waals surface area (Å²) in [6, 6.07) is 8.04. The molecular weight excluding hydrogens is 456 g/mol. The summed E-state index contributed by atoms with van der Waals surface area (Å²) in [6.45, 7) is 2.60. The van der Waals surface area contributed by atoms with E-state index in [-0.39, 0.29) is 27.6 Å². The Morgan fingerprint density at radius 3 is 2.47 bits per heavy atom. The van der Waals surface area contributed by atoms with Crippen molar-refractivity contribution in [2.45, 2.75) is 42.1 Å². The highest BCUT2D eigenvalue weighted by Crippen LogP contribution is 2.33. The van der Waals surface area contributed by atoms with Crippen LogP contribution in [0.5, 0.6) is 0 Å². The number of rotatable bonds is 7. The SMILES string of the molecule is CCc1ccc(C(=O)O)cc1S(=O)(=O)Nc1cc(S(C)(=O)=O)ccc1N1CCC[C@@H](O)C1. The molecule has 32 heavy (non-hydrogen) atoms. The van der Waals surface area contributed by atoms with Gasteiger partial charge in [0.15, 0.2) is 9.84 Å². The van der Waals surface area contributed by atoms with Gasteiger partial charge in [-0.2, -0.15) is 0 Å². The van der Waals surface area contributed by atoms with Crippen molar-refractivity contribution < 1.29 is 31.8 Å². The third-order valence-electron chi connectivity index (χ3n) is 5.36. The standard InChI is InChI=1S/C21H26N2O7S2/c1-3-14-6-7-15(21(25)26)11-20(14)32(29,30)22-18-12-17(31(2,27)28)8-9-19(18)23-10-4-5-16(24)13-23/h6-9,11-12,16,22,24H,3-5,10,13H2,1-2H3,(H,25,26)/t16-/m1/s1. The molecule has 0 amide bonds. The number of carbonyl (C=O) groups is 1. The van der Waals surface area contributed by atoms with Gasteiger partial charge in [-0.05, 0) is 55.2 Å². The lowest BCUT2D eigenvalue weighted by Crippen LogP contribution is -2.38. The first kappa shape index (κ1) is 24.0. The molecule has 0 radical (unpaired) electrons. The summed E-state index contributed by atoms with van der Waals surface area (Å²) in [6.07, 6.45) is 2.12. The highest BCUT2D eigenvalue weighted by molar-refractivity contribution is 7.92. The minimum Gasteiger partial charge on any atom is -0.478 e. The average Bonchev–Trinajstić information content (AvgIpc) is 2.72. The van der Waals surface area contributed by atoms with E-state index in [0.29, 0.717) is 37.1 Å². The zero-order valence-electron chi connectivity index (χ0n) is 17.8. The number of benzene rings is 2. The van der Waals surface area contributed by atoms with Crippen molar-refractivity contribution in [3.63, 3.8) is 0 Å². The molecule has 0 aromatic heterocycles. The second-order valence-corrected chi connectivity index (χ2v) is 11.4. The summed E-state index contributed by atoms with van der Waals surface area (Å²) in [5, 5.41) is 19.3. The maximum Gasteiger partial charge on any atom is 0.335 e. The fourth-order valence-electron chi connectivity index (χ4n) is 3.71. The molecule has 0 saturated carbocycles. The molecule has 3 N–H and O–H groups in total. The zero-order valence-corrected chi connectivity index (χ0v) is 19.4. The van der Waals surface area contributed by atoms with E-state index >= 15 is 0 Å². The van der Waals surface area contributed by atoms with Crippen molar-refractivity contribution in [1.82, 2.24) is 0 Å². The summed E-state index contributed by atoms with van der Waals surface area (Å²) in [7, 11) is -7.86. The molecule has 174 valence electrons. The van der Waals surface area contributed by atoms with Gasteiger partial charge in [0.05, 0.1) is 32.8 Å². The topological polar surface area (TPSA) is 141 Å². The molecule has 0 bridgehead atoms. The number of nitrogens with zero attached hydrogens (tertiary/aromatic N) is 1. The first-order valence-electron chi connectivity index (χ1n) is 10.1. The van der Waals surface area contributed by atoms with Gasteiger partial charge < -0.3 is 15.1 Å². The number of carboxylic acid groups (broad SMARTS) is 1. The van der Waals surface area contributed by atoms with E-state index in [0.717, 1.165) is 12.3 Å². The third kappa shape index (κ3) is 5.22. The molecular formula is C21H26N2O7S2. The van der Waals surface area contributed by atoms with Gasteiger partial charge in [-0.1, -0.05) is 13.0 Å². The maximum atomic E-state index is 13.3. The van der Waals surface area contributed by atoms with Crippen molar-refractivity contribution in [2.24, 2.45) is 0 Å². The number of piperidine rings is 1. The number of nitrogens with one attached hydrogen (secondary N) is 1. The zero-order chi connectivity index (χ0) is 23.7. The molecule has 2 aromatic rings. The smallest absolute Gasteiger partial charge is 0.335 e. The Morgan fingerprint density at radius 1 is 1.16 bits per heavy atom. The number of hydrogen-bond donors (Lipinski definition) is 3. The molecule has 1 atom stereocenters. The molecule has 1 aliphatic heterocycles. The van der Waals surface area contributed by atoms with Crippen molar-refractivity contribution in [1.29, 1.82) is 0 Å². The van der Waals surface area contributed by atoms with Gasteiger partial charge in [0.2, 0.25) is 0 Å². The van der Waals surface area contributed by atoms with Crippen molar-refractivity contribution in [3.8, 4) is 0 Å². The summed E-state index contributed by atoms with van der Waals surface area (Å²) < 4.78 is 53.2. The van der Waals surface area contributed by atoms with E-state index in [9.17, 15) is 31.8 Å². The fourth-order valence-corrected chi connectivity index (χ4v) is 5.76. The Labute approximate surface area is 187 Å². The predicted molar refractivity (Wildman–Crippen MR) is 121 cm³/mol. The summed E-state index contributed by atoms with van der Waals surface area (Å²) in [5.41, 5.74) is 0.737. The van der Waals surface area contributed by atoms with Crippen LogP contribution in [-0.4, -0.2) is 58.5 Å². The first-order valence-corrected chi connectivity index (χ1v) is 13.5. The summed E-state index contributed by atoms with van der Waals surface area (Å²) in [5.74, 6) is -1.26. The van der Waals surface area contributed by atoms with Gasteiger partial charge in [-0.25, -0.2) is 21.6 Å². The monoisotopic (exact) mass is 482 g/mol. The van der Waals surface area contributed by atoms with E-state index in [4.69, 9.17) is 0 Å². The third-order valence-corrected chi connectivity index (χ3v) is 7.92. The average molecular weight is 483 g/mol. The normalized spacial score (nSPS) is 17.2. The highest BCUT2D eigenvalue weighted by atomic mass is 32.2. The molecule has 0 spiro atoms. The van der Waals surface area contributed by atoms with Crippen LogP contribution in [-0.2, 0) is 26.3 Å². The molecule has 1 fully saturated rings. The van der Waals surface area contributed by atoms with Crippen LogP contribution in [0.25, 0.3) is 0 Å². The van der Waals surface area contributed by atoms with E-state index in [1.54, 1.807) is 11.8 Å². The van der Waals surface area contributed by atoms with Crippen LogP contribution in [0.15, 0.2) is 46.2 Å². The molecule has 0 aliphatic carbocycles. The molecule has 1 aliphatic rings. The van der Waals surface area contributed by atoms with E-state index in [1.165, 1.54) is 30.3 Å². The fraction of sp³-hybridized carbons (Fsp3) is 0.381.